The number of carbonyl (C=O) groups is 2. The summed E-state index contributed by atoms with van der Waals surface area (Å²) in [5.41, 5.74) is 2.48. The van der Waals surface area contributed by atoms with Crippen molar-refractivity contribution in [3.8, 4) is 0 Å². The highest BCUT2D eigenvalue weighted by atomic mass is 35.5. The number of hydrogen-bond donors (Lipinski definition) is 2. The second-order valence-corrected chi connectivity index (χ2v) is 6.88. The molecule has 1 atom stereocenters. The maximum Gasteiger partial charge on any atom is 0.326 e. The number of thioether (sulfide) groups is 1. The Hall–Kier alpha value is -1.99. The van der Waals surface area contributed by atoms with E-state index < -0.39 is 12.0 Å². The van der Waals surface area contributed by atoms with Crippen molar-refractivity contribution in [1.29, 1.82) is 0 Å². The number of benzene rings is 1. The number of carboxylic acids is 1. The van der Waals surface area contributed by atoms with Crippen molar-refractivity contribution in [2.24, 2.45) is 0 Å². The molecule has 0 fully saturated rings. The molecule has 0 bridgehead atoms. The van der Waals surface area contributed by atoms with Crippen LogP contribution < -0.4 is 0 Å². The number of H-pyrrole nitrogens is 1. The molecule has 6 nitrogen and oxygen atoms in total. The molecule has 0 spiro atoms. The Kier molecular flexibility index (Phi) is 5.11. The van der Waals surface area contributed by atoms with Crippen LogP contribution in [0.5, 0.6) is 0 Å². The number of carboxylic acid groups (broad SMARTS) is 1. The van der Waals surface area contributed by atoms with Gasteiger partial charge in [0.05, 0.1) is 30.0 Å². The molecular weight excluding hydrogens is 350 g/mol. The summed E-state index contributed by atoms with van der Waals surface area (Å²) in [7, 11) is 0. The standard InChI is InChI=1S/C16H16ClN3O3S/c17-11-4-2-1-3-10(11)7-24-8-15(21)20-6-13-12(18-9-19-13)5-14(20)16(22)23/h1-4,9,14H,5-8H2,(H,18,19)(H,22,23)/t14-/m0/s1. The fraction of sp³-hybridized carbons (Fsp3) is 0.312. The van der Waals surface area contributed by atoms with E-state index in [1.165, 1.54) is 23.0 Å². The first kappa shape index (κ1) is 16.9. The first-order chi connectivity index (χ1) is 11.6. The van der Waals surface area contributed by atoms with Gasteiger partial charge >= 0.3 is 5.97 Å². The molecule has 2 N–H and O–H groups in total. The van der Waals surface area contributed by atoms with E-state index in [1.807, 2.05) is 24.3 Å². The molecule has 0 unspecified atom stereocenters. The quantitative estimate of drug-likeness (QED) is 0.849. The second-order valence-electron chi connectivity index (χ2n) is 5.49. The van der Waals surface area contributed by atoms with Crippen LogP contribution in [0.4, 0.5) is 0 Å². The maximum absolute atomic E-state index is 12.5. The molecule has 2 aromatic rings. The summed E-state index contributed by atoms with van der Waals surface area (Å²) in [5.74, 6) is -0.391. The van der Waals surface area contributed by atoms with Crippen molar-refractivity contribution in [3.05, 3.63) is 52.6 Å². The number of aromatic nitrogens is 2. The fourth-order valence-corrected chi connectivity index (χ4v) is 3.86. The summed E-state index contributed by atoms with van der Waals surface area (Å²) in [6.07, 6.45) is 1.76. The lowest BCUT2D eigenvalue weighted by Crippen LogP contribution is -2.49. The van der Waals surface area contributed by atoms with Crippen LogP contribution in [0.1, 0.15) is 17.0 Å². The molecule has 1 aromatic heterocycles. The molecule has 1 aliphatic heterocycles. The molecule has 1 aromatic carbocycles. The molecule has 0 saturated carbocycles. The van der Waals surface area contributed by atoms with Gasteiger partial charge in [0.1, 0.15) is 6.04 Å². The minimum absolute atomic E-state index is 0.195. The van der Waals surface area contributed by atoms with Gasteiger partial charge in [0.25, 0.3) is 0 Å². The number of rotatable bonds is 5. The Morgan fingerprint density at radius 3 is 2.96 bits per heavy atom. The Morgan fingerprint density at radius 2 is 2.21 bits per heavy atom. The smallest absolute Gasteiger partial charge is 0.326 e. The molecule has 0 radical (unpaired) electrons. The lowest BCUT2D eigenvalue weighted by atomic mass is 10.0. The predicted octanol–water partition coefficient (Wildman–Crippen LogP) is 2.33. The van der Waals surface area contributed by atoms with Crippen molar-refractivity contribution in [2.75, 3.05) is 5.75 Å². The average Bonchev–Trinajstić information content (AvgIpc) is 3.02. The van der Waals surface area contributed by atoms with Gasteiger partial charge in [0, 0.05) is 17.2 Å². The third-order valence-corrected chi connectivity index (χ3v) is 5.28. The molecule has 8 heteroatoms. The SMILES string of the molecule is O=C(O)[C@@H]1Cc2nc[nH]c2CN1C(=O)CSCc1ccccc1Cl. The normalized spacial score (nSPS) is 16.7. The first-order valence-electron chi connectivity index (χ1n) is 7.41. The lowest BCUT2D eigenvalue weighted by Gasteiger charge is -2.32. The van der Waals surface area contributed by atoms with Crippen molar-refractivity contribution in [3.63, 3.8) is 0 Å². The van der Waals surface area contributed by atoms with E-state index >= 15 is 0 Å². The molecule has 24 heavy (non-hydrogen) atoms. The Bertz CT molecular complexity index is 765. The third kappa shape index (κ3) is 3.57. The monoisotopic (exact) mass is 365 g/mol. The minimum atomic E-state index is -1.01. The van der Waals surface area contributed by atoms with Gasteiger partial charge in [-0.25, -0.2) is 9.78 Å². The number of halogens is 1. The molecule has 0 saturated heterocycles. The minimum Gasteiger partial charge on any atom is -0.480 e. The zero-order valence-electron chi connectivity index (χ0n) is 12.7. The van der Waals surface area contributed by atoms with Gasteiger partial charge in [-0.1, -0.05) is 29.8 Å². The van der Waals surface area contributed by atoms with Crippen molar-refractivity contribution in [1.82, 2.24) is 14.9 Å². The maximum atomic E-state index is 12.5. The van der Waals surface area contributed by atoms with E-state index in [9.17, 15) is 14.7 Å². The molecule has 2 heterocycles. The second kappa shape index (κ2) is 7.27. The van der Waals surface area contributed by atoms with Gasteiger partial charge in [0.2, 0.25) is 5.91 Å². The van der Waals surface area contributed by atoms with Crippen molar-refractivity contribution in [2.45, 2.75) is 24.8 Å². The van der Waals surface area contributed by atoms with Crippen LogP contribution in [0.3, 0.4) is 0 Å². The zero-order valence-corrected chi connectivity index (χ0v) is 14.3. The van der Waals surface area contributed by atoms with Crippen LogP contribution in [0, 0.1) is 0 Å². The predicted molar refractivity (Wildman–Crippen MR) is 91.9 cm³/mol. The van der Waals surface area contributed by atoms with E-state index in [1.54, 1.807) is 0 Å². The largest absolute Gasteiger partial charge is 0.480 e. The Balaban J connectivity index is 1.63. The number of amides is 1. The van der Waals surface area contributed by atoms with Gasteiger partial charge in [-0.2, -0.15) is 0 Å². The first-order valence-corrected chi connectivity index (χ1v) is 8.94. The summed E-state index contributed by atoms with van der Waals surface area (Å²) in [6.45, 7) is 0.248. The number of imidazole rings is 1. The highest BCUT2D eigenvalue weighted by molar-refractivity contribution is 7.99. The number of hydrogen-bond acceptors (Lipinski definition) is 4. The molecule has 0 aliphatic carbocycles. The van der Waals surface area contributed by atoms with Gasteiger partial charge < -0.3 is 15.0 Å². The van der Waals surface area contributed by atoms with E-state index in [-0.39, 0.29) is 24.6 Å². The van der Waals surface area contributed by atoms with E-state index in [0.29, 0.717) is 10.8 Å². The van der Waals surface area contributed by atoms with Crippen molar-refractivity contribution < 1.29 is 14.7 Å². The highest BCUT2D eigenvalue weighted by Crippen LogP contribution is 2.24. The Morgan fingerprint density at radius 1 is 1.42 bits per heavy atom. The summed E-state index contributed by atoms with van der Waals surface area (Å²) in [5, 5.41) is 10.1. The Labute approximate surface area is 148 Å². The molecule has 126 valence electrons. The van der Waals surface area contributed by atoms with Crippen LogP contribution in [0.2, 0.25) is 5.02 Å². The van der Waals surface area contributed by atoms with Crippen LogP contribution in [-0.4, -0.2) is 43.6 Å². The third-order valence-electron chi connectivity index (χ3n) is 3.95. The van der Waals surface area contributed by atoms with E-state index in [4.69, 9.17) is 11.6 Å². The molecule has 1 amide bonds. The van der Waals surface area contributed by atoms with Crippen molar-refractivity contribution >= 4 is 35.2 Å². The zero-order chi connectivity index (χ0) is 17.1. The number of fused-ring (bicyclic) bond motifs is 1. The van der Waals surface area contributed by atoms with Crippen LogP contribution >= 0.6 is 23.4 Å². The summed E-state index contributed by atoms with van der Waals surface area (Å²) in [6, 6.07) is 6.61. The highest BCUT2D eigenvalue weighted by Gasteiger charge is 2.35. The van der Waals surface area contributed by atoms with Crippen LogP contribution in [-0.2, 0) is 28.3 Å². The van der Waals surface area contributed by atoms with Gasteiger partial charge in [0.15, 0.2) is 0 Å². The van der Waals surface area contributed by atoms with Gasteiger partial charge in [-0.05, 0) is 11.6 Å². The fourth-order valence-electron chi connectivity index (χ4n) is 2.67. The number of aromatic amines is 1. The summed E-state index contributed by atoms with van der Waals surface area (Å²) >= 11 is 7.52. The van der Waals surface area contributed by atoms with E-state index in [0.717, 1.165) is 17.0 Å². The number of aliphatic carboxylic acids is 1. The van der Waals surface area contributed by atoms with Gasteiger partial charge in [-0.15, -0.1) is 11.8 Å². The average molecular weight is 366 g/mol. The van der Waals surface area contributed by atoms with Crippen LogP contribution in [0.15, 0.2) is 30.6 Å². The topological polar surface area (TPSA) is 86.3 Å². The number of nitrogens with one attached hydrogen (secondary N) is 1. The molecule has 3 rings (SSSR count). The molecule has 1 aliphatic rings. The van der Waals surface area contributed by atoms with E-state index in [2.05, 4.69) is 9.97 Å². The number of carbonyl (C=O) groups excluding carboxylic acids is 1. The molecular formula is C16H16ClN3O3S. The number of nitrogens with zero attached hydrogens (tertiary/aromatic N) is 2. The summed E-state index contributed by atoms with van der Waals surface area (Å²) in [4.78, 5) is 32.5. The summed E-state index contributed by atoms with van der Waals surface area (Å²) < 4.78 is 0. The van der Waals surface area contributed by atoms with Gasteiger partial charge in [-0.3, -0.25) is 4.79 Å². The lowest BCUT2D eigenvalue weighted by molar-refractivity contribution is -0.150. The van der Waals surface area contributed by atoms with Crippen LogP contribution in [0.25, 0.3) is 0 Å².